The molecule has 5 heteroatoms. The van der Waals surface area contributed by atoms with Crippen molar-refractivity contribution in [3.63, 3.8) is 0 Å². The van der Waals surface area contributed by atoms with Gasteiger partial charge in [0.25, 0.3) is 0 Å². The maximum atomic E-state index is 5.32. The normalized spacial score (nSPS) is 22.3. The van der Waals surface area contributed by atoms with E-state index < -0.39 is 0 Å². The van der Waals surface area contributed by atoms with Crippen LogP contribution in [0, 0.1) is 11.8 Å². The highest BCUT2D eigenvalue weighted by atomic mass is 16.5. The molecule has 1 aliphatic heterocycles. The van der Waals surface area contributed by atoms with Crippen molar-refractivity contribution in [2.45, 2.75) is 32.7 Å². The zero-order chi connectivity index (χ0) is 13.0. The predicted molar refractivity (Wildman–Crippen MR) is 70.2 cm³/mol. The Hall–Kier alpha value is -0.940. The predicted octanol–water partition coefficient (Wildman–Crippen LogP) is 1.31. The van der Waals surface area contributed by atoms with Gasteiger partial charge in [-0.15, -0.1) is 0 Å². The van der Waals surface area contributed by atoms with E-state index in [-0.39, 0.29) is 0 Å². The monoisotopic (exact) mass is 252 g/mol. The van der Waals surface area contributed by atoms with E-state index in [1.807, 2.05) is 19.0 Å². The second-order valence-corrected chi connectivity index (χ2v) is 5.63. The van der Waals surface area contributed by atoms with Crippen LogP contribution in [0.25, 0.3) is 0 Å². The first-order valence-electron chi connectivity index (χ1n) is 6.82. The molecule has 2 heterocycles. The fourth-order valence-corrected chi connectivity index (χ4v) is 2.53. The molecule has 1 aromatic rings. The highest BCUT2D eigenvalue weighted by molar-refractivity contribution is 4.89. The SMILES string of the molecule is CC(Cc1nc(CN(C)C)no1)C1CCCNC1. The molecule has 18 heavy (non-hydrogen) atoms. The van der Waals surface area contributed by atoms with Gasteiger partial charge in [0.1, 0.15) is 0 Å². The van der Waals surface area contributed by atoms with Gasteiger partial charge in [0.15, 0.2) is 5.82 Å². The summed E-state index contributed by atoms with van der Waals surface area (Å²) in [7, 11) is 4.01. The number of nitrogens with zero attached hydrogens (tertiary/aromatic N) is 3. The Bertz CT molecular complexity index is 358. The number of rotatable bonds is 5. The van der Waals surface area contributed by atoms with Crippen molar-refractivity contribution in [3.8, 4) is 0 Å². The van der Waals surface area contributed by atoms with E-state index >= 15 is 0 Å². The summed E-state index contributed by atoms with van der Waals surface area (Å²) in [5.74, 6) is 2.90. The third-order valence-electron chi connectivity index (χ3n) is 3.60. The smallest absolute Gasteiger partial charge is 0.226 e. The quantitative estimate of drug-likeness (QED) is 0.856. The minimum atomic E-state index is 0.602. The molecule has 0 amide bonds. The maximum Gasteiger partial charge on any atom is 0.226 e. The molecule has 0 bridgehead atoms. The molecule has 2 atom stereocenters. The fourth-order valence-electron chi connectivity index (χ4n) is 2.53. The van der Waals surface area contributed by atoms with Crippen LogP contribution >= 0.6 is 0 Å². The van der Waals surface area contributed by atoms with E-state index in [0.717, 1.165) is 43.7 Å². The van der Waals surface area contributed by atoms with Crippen molar-refractivity contribution in [1.82, 2.24) is 20.4 Å². The molecule has 0 spiro atoms. The van der Waals surface area contributed by atoms with E-state index in [4.69, 9.17) is 4.52 Å². The second kappa shape index (κ2) is 6.29. The fraction of sp³-hybridized carbons (Fsp3) is 0.846. The molecule has 1 N–H and O–H groups in total. The number of hydrogen-bond donors (Lipinski definition) is 1. The lowest BCUT2D eigenvalue weighted by atomic mass is 9.85. The summed E-state index contributed by atoms with van der Waals surface area (Å²) in [5, 5.41) is 7.47. The van der Waals surface area contributed by atoms with E-state index in [2.05, 4.69) is 22.4 Å². The van der Waals surface area contributed by atoms with Crippen LogP contribution in [0.1, 0.15) is 31.5 Å². The molecule has 1 aromatic heterocycles. The highest BCUT2D eigenvalue weighted by Crippen LogP contribution is 2.22. The molecule has 0 radical (unpaired) electrons. The summed E-state index contributed by atoms with van der Waals surface area (Å²) in [6.45, 7) is 5.31. The first-order valence-corrected chi connectivity index (χ1v) is 6.82. The van der Waals surface area contributed by atoms with E-state index in [9.17, 15) is 0 Å². The highest BCUT2D eigenvalue weighted by Gasteiger charge is 2.22. The lowest BCUT2D eigenvalue weighted by molar-refractivity contribution is 0.256. The number of nitrogens with one attached hydrogen (secondary N) is 1. The molecule has 0 aliphatic carbocycles. The molecule has 2 unspecified atom stereocenters. The molecule has 5 nitrogen and oxygen atoms in total. The Kier molecular flexibility index (Phi) is 4.72. The molecule has 1 fully saturated rings. The molecular weight excluding hydrogens is 228 g/mol. The summed E-state index contributed by atoms with van der Waals surface area (Å²) in [6, 6.07) is 0. The molecule has 1 aliphatic rings. The van der Waals surface area contributed by atoms with Crippen molar-refractivity contribution < 1.29 is 4.52 Å². The summed E-state index contributed by atoms with van der Waals surface area (Å²) >= 11 is 0. The molecular formula is C13H24N4O. The number of hydrogen-bond acceptors (Lipinski definition) is 5. The zero-order valence-corrected chi connectivity index (χ0v) is 11.6. The van der Waals surface area contributed by atoms with Crippen LogP contribution in [-0.2, 0) is 13.0 Å². The van der Waals surface area contributed by atoms with Gasteiger partial charge in [0, 0.05) is 6.42 Å². The van der Waals surface area contributed by atoms with Gasteiger partial charge in [-0.25, -0.2) is 0 Å². The van der Waals surface area contributed by atoms with Gasteiger partial charge in [-0.2, -0.15) is 4.98 Å². The van der Waals surface area contributed by atoms with Gasteiger partial charge >= 0.3 is 0 Å². The molecule has 0 saturated carbocycles. The largest absolute Gasteiger partial charge is 0.339 e. The van der Waals surface area contributed by atoms with Crippen LogP contribution in [0.3, 0.4) is 0 Å². The molecule has 1 saturated heterocycles. The summed E-state index contributed by atoms with van der Waals surface area (Å²) in [4.78, 5) is 6.49. The summed E-state index contributed by atoms with van der Waals surface area (Å²) in [6.07, 6.45) is 3.49. The average Bonchev–Trinajstić information content (AvgIpc) is 2.76. The maximum absolute atomic E-state index is 5.32. The van der Waals surface area contributed by atoms with Crippen molar-refractivity contribution in [3.05, 3.63) is 11.7 Å². The van der Waals surface area contributed by atoms with E-state index in [1.54, 1.807) is 0 Å². The Morgan fingerprint density at radius 2 is 2.33 bits per heavy atom. The Balaban J connectivity index is 1.86. The number of piperidine rings is 1. The zero-order valence-electron chi connectivity index (χ0n) is 11.6. The van der Waals surface area contributed by atoms with Crippen molar-refractivity contribution in [2.75, 3.05) is 27.2 Å². The van der Waals surface area contributed by atoms with Crippen LogP contribution in [0.2, 0.25) is 0 Å². The van der Waals surface area contributed by atoms with Gasteiger partial charge in [-0.3, -0.25) is 0 Å². The summed E-state index contributed by atoms with van der Waals surface area (Å²) < 4.78 is 5.32. The average molecular weight is 252 g/mol. The van der Waals surface area contributed by atoms with Crippen LogP contribution < -0.4 is 5.32 Å². The van der Waals surface area contributed by atoms with Crippen molar-refractivity contribution in [1.29, 1.82) is 0 Å². The van der Waals surface area contributed by atoms with Crippen LogP contribution in [0.5, 0.6) is 0 Å². The van der Waals surface area contributed by atoms with Gasteiger partial charge in [-0.05, 0) is 51.9 Å². The lowest BCUT2D eigenvalue weighted by Crippen LogP contribution is -2.33. The summed E-state index contributed by atoms with van der Waals surface area (Å²) in [5.41, 5.74) is 0. The Labute approximate surface area is 109 Å². The van der Waals surface area contributed by atoms with Gasteiger partial charge in [0.05, 0.1) is 6.54 Å². The lowest BCUT2D eigenvalue weighted by Gasteiger charge is -2.27. The molecule has 2 rings (SSSR count). The minimum Gasteiger partial charge on any atom is -0.339 e. The van der Waals surface area contributed by atoms with E-state index in [1.165, 1.54) is 12.8 Å². The topological polar surface area (TPSA) is 54.2 Å². The van der Waals surface area contributed by atoms with Gasteiger partial charge < -0.3 is 14.7 Å². The third kappa shape index (κ3) is 3.78. The minimum absolute atomic E-state index is 0.602. The van der Waals surface area contributed by atoms with Crippen molar-refractivity contribution in [2.24, 2.45) is 11.8 Å². The van der Waals surface area contributed by atoms with Gasteiger partial charge in [-0.1, -0.05) is 12.1 Å². The Morgan fingerprint density at radius 1 is 1.50 bits per heavy atom. The van der Waals surface area contributed by atoms with Crippen LogP contribution in [-0.4, -0.2) is 42.2 Å². The first-order chi connectivity index (χ1) is 8.65. The van der Waals surface area contributed by atoms with Gasteiger partial charge in [0.2, 0.25) is 5.89 Å². The van der Waals surface area contributed by atoms with Crippen molar-refractivity contribution >= 4 is 0 Å². The third-order valence-corrected chi connectivity index (χ3v) is 3.60. The molecule has 102 valence electrons. The first kappa shape index (κ1) is 13.5. The van der Waals surface area contributed by atoms with E-state index in [0.29, 0.717) is 5.92 Å². The second-order valence-electron chi connectivity index (χ2n) is 5.63. The van der Waals surface area contributed by atoms with Crippen LogP contribution in [0.4, 0.5) is 0 Å². The van der Waals surface area contributed by atoms with Crippen LogP contribution in [0.15, 0.2) is 4.52 Å². The Morgan fingerprint density at radius 3 is 3.00 bits per heavy atom. The molecule has 0 aromatic carbocycles. The standard InChI is InChI=1S/C13H24N4O/c1-10(11-5-4-6-14-8-11)7-13-15-12(16-18-13)9-17(2)3/h10-11,14H,4-9H2,1-3H3. The number of aromatic nitrogens is 2.